The number of ether oxygens (including phenoxy) is 1. The van der Waals surface area contributed by atoms with Crippen LogP contribution in [0.3, 0.4) is 0 Å². The first-order valence-corrected chi connectivity index (χ1v) is 6.47. The topological polar surface area (TPSA) is 41.6 Å². The van der Waals surface area contributed by atoms with E-state index in [2.05, 4.69) is 10.1 Å². The zero-order chi connectivity index (χ0) is 14.3. The second kappa shape index (κ2) is 7.69. The first-order valence-electron chi connectivity index (χ1n) is 6.47. The van der Waals surface area contributed by atoms with Gasteiger partial charge < -0.3 is 15.0 Å². The SMILES string of the molecule is CN(CC1CCNCC1)C(=O)CCOCC(F)(F)F. The number of hydrogen-bond donors (Lipinski definition) is 1. The molecule has 1 amide bonds. The van der Waals surface area contributed by atoms with Gasteiger partial charge in [-0.2, -0.15) is 13.2 Å². The lowest BCUT2D eigenvalue weighted by atomic mass is 9.97. The number of amides is 1. The number of rotatable bonds is 6. The summed E-state index contributed by atoms with van der Waals surface area (Å²) < 4.78 is 39.9. The second-order valence-electron chi connectivity index (χ2n) is 4.89. The van der Waals surface area contributed by atoms with Crippen LogP contribution >= 0.6 is 0 Å². The van der Waals surface area contributed by atoms with Crippen LogP contribution in [0.15, 0.2) is 0 Å². The first kappa shape index (κ1) is 16.2. The number of carbonyl (C=O) groups is 1. The summed E-state index contributed by atoms with van der Waals surface area (Å²) in [5.74, 6) is 0.312. The summed E-state index contributed by atoms with van der Waals surface area (Å²) in [4.78, 5) is 13.3. The summed E-state index contributed by atoms with van der Waals surface area (Å²) in [6.45, 7) is 1.11. The lowest BCUT2D eigenvalue weighted by Crippen LogP contribution is -2.37. The average molecular weight is 282 g/mol. The maximum Gasteiger partial charge on any atom is 0.411 e. The van der Waals surface area contributed by atoms with Crippen LogP contribution in [0.5, 0.6) is 0 Å². The predicted octanol–water partition coefficient (Wildman–Crippen LogP) is 1.41. The van der Waals surface area contributed by atoms with Crippen molar-refractivity contribution in [3.8, 4) is 0 Å². The van der Waals surface area contributed by atoms with Crippen LogP contribution in [-0.2, 0) is 9.53 Å². The minimum atomic E-state index is -4.33. The van der Waals surface area contributed by atoms with Crippen LogP contribution < -0.4 is 5.32 Å². The Morgan fingerprint density at radius 1 is 1.37 bits per heavy atom. The molecule has 4 nitrogen and oxygen atoms in total. The highest BCUT2D eigenvalue weighted by atomic mass is 19.4. The van der Waals surface area contributed by atoms with Gasteiger partial charge in [0.05, 0.1) is 13.0 Å². The molecule has 1 heterocycles. The Morgan fingerprint density at radius 3 is 2.58 bits per heavy atom. The van der Waals surface area contributed by atoms with Gasteiger partial charge in [-0.1, -0.05) is 0 Å². The number of carbonyl (C=O) groups excluding carboxylic acids is 1. The zero-order valence-corrected chi connectivity index (χ0v) is 11.1. The molecule has 0 atom stereocenters. The van der Waals surface area contributed by atoms with Crippen molar-refractivity contribution < 1.29 is 22.7 Å². The Kier molecular flexibility index (Phi) is 6.57. The standard InChI is InChI=1S/C12H21F3N2O2/c1-17(8-10-2-5-16-6-3-10)11(18)4-7-19-9-12(13,14)15/h10,16H,2-9H2,1H3. The van der Waals surface area contributed by atoms with Gasteiger partial charge in [-0.3, -0.25) is 4.79 Å². The molecule has 1 N–H and O–H groups in total. The summed E-state index contributed by atoms with van der Waals surface area (Å²) in [5.41, 5.74) is 0. The fourth-order valence-corrected chi connectivity index (χ4v) is 2.09. The summed E-state index contributed by atoms with van der Waals surface area (Å²) in [6, 6.07) is 0. The van der Waals surface area contributed by atoms with Gasteiger partial charge >= 0.3 is 6.18 Å². The molecule has 0 aliphatic carbocycles. The van der Waals surface area contributed by atoms with E-state index in [1.54, 1.807) is 11.9 Å². The van der Waals surface area contributed by atoms with E-state index in [0.717, 1.165) is 25.9 Å². The van der Waals surface area contributed by atoms with Crippen molar-refractivity contribution >= 4 is 5.91 Å². The predicted molar refractivity (Wildman–Crippen MR) is 64.7 cm³/mol. The molecule has 112 valence electrons. The van der Waals surface area contributed by atoms with Gasteiger partial charge in [0.15, 0.2) is 0 Å². The van der Waals surface area contributed by atoms with E-state index in [4.69, 9.17) is 0 Å². The third-order valence-electron chi connectivity index (χ3n) is 3.14. The molecule has 0 aromatic heterocycles. The fraction of sp³-hybridized carbons (Fsp3) is 0.917. The van der Waals surface area contributed by atoms with Gasteiger partial charge in [0.25, 0.3) is 0 Å². The van der Waals surface area contributed by atoms with Crippen molar-refractivity contribution in [3.05, 3.63) is 0 Å². The lowest BCUT2D eigenvalue weighted by molar-refractivity contribution is -0.175. The number of nitrogens with zero attached hydrogens (tertiary/aromatic N) is 1. The van der Waals surface area contributed by atoms with Gasteiger partial charge in [-0.25, -0.2) is 0 Å². The molecule has 1 saturated heterocycles. The Balaban J connectivity index is 2.14. The third kappa shape index (κ3) is 7.37. The Hall–Kier alpha value is -0.820. The van der Waals surface area contributed by atoms with E-state index < -0.39 is 12.8 Å². The largest absolute Gasteiger partial charge is 0.411 e. The monoisotopic (exact) mass is 282 g/mol. The molecule has 0 unspecified atom stereocenters. The molecule has 0 saturated carbocycles. The van der Waals surface area contributed by atoms with Crippen molar-refractivity contribution in [1.29, 1.82) is 0 Å². The molecule has 1 aliphatic rings. The first-order chi connectivity index (χ1) is 8.88. The maximum absolute atomic E-state index is 11.8. The minimum Gasteiger partial charge on any atom is -0.372 e. The second-order valence-corrected chi connectivity index (χ2v) is 4.89. The Labute approximate surface area is 111 Å². The quantitative estimate of drug-likeness (QED) is 0.749. The number of alkyl halides is 3. The van der Waals surface area contributed by atoms with E-state index in [1.165, 1.54) is 0 Å². The van der Waals surface area contributed by atoms with Crippen LogP contribution in [0.4, 0.5) is 13.2 Å². The molecule has 7 heteroatoms. The van der Waals surface area contributed by atoms with Crippen molar-refractivity contribution in [3.63, 3.8) is 0 Å². The molecule has 0 radical (unpaired) electrons. The van der Waals surface area contributed by atoms with Crippen molar-refractivity contribution in [2.24, 2.45) is 5.92 Å². The number of nitrogens with one attached hydrogen (secondary N) is 1. The summed E-state index contributed by atoms with van der Waals surface area (Å²) in [5, 5.41) is 3.24. The smallest absolute Gasteiger partial charge is 0.372 e. The van der Waals surface area contributed by atoms with Crippen molar-refractivity contribution in [1.82, 2.24) is 10.2 Å². The zero-order valence-electron chi connectivity index (χ0n) is 11.1. The molecule has 1 fully saturated rings. The molecule has 1 aliphatic heterocycles. The normalized spacial score (nSPS) is 17.5. The third-order valence-corrected chi connectivity index (χ3v) is 3.14. The van der Waals surface area contributed by atoms with Gasteiger partial charge in [-0.15, -0.1) is 0 Å². The van der Waals surface area contributed by atoms with Crippen LogP contribution in [0.2, 0.25) is 0 Å². The van der Waals surface area contributed by atoms with E-state index in [0.29, 0.717) is 12.5 Å². The van der Waals surface area contributed by atoms with E-state index in [9.17, 15) is 18.0 Å². The van der Waals surface area contributed by atoms with E-state index >= 15 is 0 Å². The highest BCUT2D eigenvalue weighted by molar-refractivity contribution is 5.75. The summed E-state index contributed by atoms with van der Waals surface area (Å²) in [6.07, 6.45) is -2.27. The molecule has 1 rings (SSSR count). The molecule has 0 aromatic rings. The van der Waals surface area contributed by atoms with Gasteiger partial charge in [0.2, 0.25) is 5.91 Å². The van der Waals surface area contributed by atoms with Gasteiger partial charge in [0.1, 0.15) is 6.61 Å². The van der Waals surface area contributed by atoms with Crippen LogP contribution in [0.25, 0.3) is 0 Å². The van der Waals surface area contributed by atoms with Gasteiger partial charge in [-0.05, 0) is 31.8 Å². The Morgan fingerprint density at radius 2 is 2.00 bits per heavy atom. The molecule has 0 aromatic carbocycles. The highest BCUT2D eigenvalue weighted by Gasteiger charge is 2.27. The highest BCUT2D eigenvalue weighted by Crippen LogP contribution is 2.15. The number of hydrogen-bond acceptors (Lipinski definition) is 3. The minimum absolute atomic E-state index is 0.00243. The fourth-order valence-electron chi connectivity index (χ4n) is 2.09. The molecular weight excluding hydrogens is 261 g/mol. The molecule has 19 heavy (non-hydrogen) atoms. The van der Waals surface area contributed by atoms with Crippen molar-refractivity contribution in [2.45, 2.75) is 25.4 Å². The average Bonchev–Trinajstić information content (AvgIpc) is 2.34. The van der Waals surface area contributed by atoms with Crippen LogP contribution in [0, 0.1) is 5.92 Å². The van der Waals surface area contributed by atoms with Crippen molar-refractivity contribution in [2.75, 3.05) is 39.9 Å². The van der Waals surface area contributed by atoms with E-state index in [1.807, 2.05) is 0 Å². The Bertz CT molecular complexity index is 279. The van der Waals surface area contributed by atoms with Crippen LogP contribution in [0.1, 0.15) is 19.3 Å². The lowest BCUT2D eigenvalue weighted by Gasteiger charge is -2.27. The molecular formula is C12H21F3N2O2. The summed E-state index contributed by atoms with van der Waals surface area (Å²) in [7, 11) is 1.69. The van der Waals surface area contributed by atoms with E-state index in [-0.39, 0.29) is 18.9 Å². The summed E-state index contributed by atoms with van der Waals surface area (Å²) >= 11 is 0. The molecule has 0 bridgehead atoms. The number of piperidine rings is 1. The van der Waals surface area contributed by atoms with Crippen LogP contribution in [-0.4, -0.2) is 56.9 Å². The molecule has 0 spiro atoms. The maximum atomic E-state index is 11.8. The van der Waals surface area contributed by atoms with Gasteiger partial charge in [0, 0.05) is 13.6 Å². The number of halogens is 3.